The molecular formula is C18H20CuN2O4. The molecule has 0 fully saturated rings. The van der Waals surface area contributed by atoms with E-state index in [0.717, 1.165) is 0 Å². The van der Waals surface area contributed by atoms with Crippen LogP contribution in [0, 0.1) is 0 Å². The zero-order valence-corrected chi connectivity index (χ0v) is 14.5. The molecule has 0 heterocycles. The molecule has 2 N–H and O–H groups in total. The average molecular weight is 392 g/mol. The van der Waals surface area contributed by atoms with Crippen molar-refractivity contribution in [2.75, 3.05) is 26.3 Å². The van der Waals surface area contributed by atoms with Gasteiger partial charge >= 0.3 is 17.1 Å². The SMILES string of the molecule is [Cu+2].[O-]c1ccccc1C=NCCO.[O-]c1ccccc1C=NCCO. The molecule has 0 aliphatic rings. The van der Waals surface area contributed by atoms with Crippen molar-refractivity contribution in [1.29, 1.82) is 0 Å². The fraction of sp³-hybridized carbons (Fsp3) is 0.222. The Morgan fingerprint density at radius 2 is 1.08 bits per heavy atom. The van der Waals surface area contributed by atoms with Crippen LogP contribution in [0.4, 0.5) is 0 Å². The molecule has 0 amide bonds. The molecule has 6 nitrogen and oxygen atoms in total. The normalized spacial score (nSPS) is 10.3. The van der Waals surface area contributed by atoms with E-state index < -0.39 is 0 Å². The van der Waals surface area contributed by atoms with Crippen molar-refractivity contribution in [2.24, 2.45) is 9.98 Å². The zero-order chi connectivity index (χ0) is 17.6. The van der Waals surface area contributed by atoms with Gasteiger partial charge in [0.15, 0.2) is 0 Å². The first-order valence-electron chi connectivity index (χ1n) is 7.42. The van der Waals surface area contributed by atoms with Crippen LogP contribution in [-0.4, -0.2) is 48.9 Å². The molecule has 137 valence electrons. The van der Waals surface area contributed by atoms with Crippen molar-refractivity contribution in [2.45, 2.75) is 0 Å². The van der Waals surface area contributed by atoms with Crippen LogP contribution in [0.5, 0.6) is 11.5 Å². The molecule has 0 atom stereocenters. The number of benzene rings is 2. The van der Waals surface area contributed by atoms with Gasteiger partial charge < -0.3 is 20.4 Å². The first-order valence-corrected chi connectivity index (χ1v) is 7.42. The molecule has 0 unspecified atom stereocenters. The van der Waals surface area contributed by atoms with Gasteiger partial charge in [0.25, 0.3) is 0 Å². The van der Waals surface area contributed by atoms with E-state index in [9.17, 15) is 10.2 Å². The second-order valence-corrected chi connectivity index (χ2v) is 4.59. The minimum atomic E-state index is -0.0424. The second-order valence-electron chi connectivity index (χ2n) is 4.59. The van der Waals surface area contributed by atoms with Crippen LogP contribution in [0.2, 0.25) is 0 Å². The van der Waals surface area contributed by atoms with Gasteiger partial charge in [0.2, 0.25) is 0 Å². The maximum absolute atomic E-state index is 11.1. The predicted octanol–water partition coefficient (Wildman–Crippen LogP) is 0.340. The number of rotatable bonds is 6. The Hall–Kier alpha value is -2.18. The Morgan fingerprint density at radius 3 is 1.40 bits per heavy atom. The van der Waals surface area contributed by atoms with Crippen LogP contribution >= 0.6 is 0 Å². The molecule has 1 radical (unpaired) electrons. The molecule has 0 aromatic heterocycles. The van der Waals surface area contributed by atoms with Gasteiger partial charge in [-0.2, -0.15) is 0 Å². The van der Waals surface area contributed by atoms with E-state index in [1.165, 1.54) is 24.6 Å². The molecule has 0 bridgehead atoms. The van der Waals surface area contributed by atoms with Crippen LogP contribution < -0.4 is 10.2 Å². The number of aliphatic hydroxyl groups excluding tert-OH is 2. The van der Waals surface area contributed by atoms with Gasteiger partial charge in [0.1, 0.15) is 0 Å². The Balaban J connectivity index is 0.000000443. The first-order chi connectivity index (χ1) is 11.7. The van der Waals surface area contributed by atoms with Gasteiger partial charge in [0.05, 0.1) is 26.3 Å². The number of hydrogen-bond acceptors (Lipinski definition) is 6. The summed E-state index contributed by atoms with van der Waals surface area (Å²) in [5, 5.41) is 39.0. The van der Waals surface area contributed by atoms with E-state index in [1.807, 2.05) is 0 Å². The maximum atomic E-state index is 11.1. The fourth-order valence-corrected chi connectivity index (χ4v) is 1.62. The number of para-hydroxylation sites is 2. The average Bonchev–Trinajstić information content (AvgIpc) is 2.59. The zero-order valence-electron chi connectivity index (χ0n) is 13.5. The predicted molar refractivity (Wildman–Crippen MR) is 90.9 cm³/mol. The standard InChI is InChI=1S/2C9H11NO2.Cu/c2*11-6-5-10-7-8-3-1-2-4-9(8)12;/h2*1-4,7,11-12H,5-6H2;/q;;+2/p-2. The largest absolute Gasteiger partial charge is 2.00 e. The van der Waals surface area contributed by atoms with E-state index in [0.29, 0.717) is 24.2 Å². The Morgan fingerprint density at radius 1 is 0.720 bits per heavy atom. The molecule has 2 aromatic carbocycles. The van der Waals surface area contributed by atoms with Crippen molar-refractivity contribution in [3.63, 3.8) is 0 Å². The van der Waals surface area contributed by atoms with Crippen molar-refractivity contribution < 1.29 is 37.5 Å². The van der Waals surface area contributed by atoms with E-state index in [4.69, 9.17) is 10.2 Å². The van der Waals surface area contributed by atoms with E-state index in [-0.39, 0.29) is 41.8 Å². The summed E-state index contributed by atoms with van der Waals surface area (Å²) >= 11 is 0. The molecule has 7 heteroatoms. The van der Waals surface area contributed by atoms with E-state index >= 15 is 0 Å². The van der Waals surface area contributed by atoms with Gasteiger partial charge in [-0.15, -0.1) is 11.5 Å². The second kappa shape index (κ2) is 14.2. The monoisotopic (exact) mass is 391 g/mol. The molecular weight excluding hydrogens is 372 g/mol. The smallest absolute Gasteiger partial charge is 0.872 e. The summed E-state index contributed by atoms with van der Waals surface area (Å²) < 4.78 is 0. The summed E-state index contributed by atoms with van der Waals surface area (Å²) in [5.74, 6) is -0.0848. The van der Waals surface area contributed by atoms with Gasteiger partial charge in [0, 0.05) is 12.4 Å². The van der Waals surface area contributed by atoms with Gasteiger partial charge in [-0.05, 0) is 11.1 Å². The minimum Gasteiger partial charge on any atom is -0.872 e. The summed E-state index contributed by atoms with van der Waals surface area (Å²) in [6.45, 7) is 0.706. The van der Waals surface area contributed by atoms with Crippen LogP contribution in [0.15, 0.2) is 58.5 Å². The fourth-order valence-electron chi connectivity index (χ4n) is 1.62. The Bertz CT molecular complexity index is 606. The van der Waals surface area contributed by atoms with Gasteiger partial charge in [-0.1, -0.05) is 48.5 Å². The number of hydrogen-bond donors (Lipinski definition) is 2. The third-order valence-electron chi connectivity index (χ3n) is 2.76. The summed E-state index contributed by atoms with van der Waals surface area (Å²) in [7, 11) is 0. The van der Waals surface area contributed by atoms with Crippen molar-refractivity contribution in [3.8, 4) is 11.5 Å². The molecule has 2 aromatic rings. The summed E-state index contributed by atoms with van der Waals surface area (Å²) in [5.41, 5.74) is 1.12. The van der Waals surface area contributed by atoms with Crippen molar-refractivity contribution in [3.05, 3.63) is 59.7 Å². The Kier molecular flexibility index (Phi) is 12.9. The molecule has 0 aliphatic carbocycles. The summed E-state index contributed by atoms with van der Waals surface area (Å²) in [6.07, 6.45) is 2.97. The topological polar surface area (TPSA) is 111 Å². The van der Waals surface area contributed by atoms with Crippen LogP contribution in [0.3, 0.4) is 0 Å². The van der Waals surface area contributed by atoms with Crippen LogP contribution in [0.1, 0.15) is 11.1 Å². The molecule has 0 aliphatic heterocycles. The maximum Gasteiger partial charge on any atom is 2.00 e. The van der Waals surface area contributed by atoms with Crippen molar-refractivity contribution in [1.82, 2.24) is 0 Å². The first kappa shape index (κ1) is 22.8. The third-order valence-corrected chi connectivity index (χ3v) is 2.76. The van der Waals surface area contributed by atoms with Crippen LogP contribution in [-0.2, 0) is 17.1 Å². The third kappa shape index (κ3) is 9.64. The quantitative estimate of drug-likeness (QED) is 0.546. The number of nitrogens with zero attached hydrogens (tertiary/aromatic N) is 2. The Labute approximate surface area is 157 Å². The van der Waals surface area contributed by atoms with E-state index in [1.54, 1.807) is 36.4 Å². The van der Waals surface area contributed by atoms with Crippen molar-refractivity contribution >= 4 is 12.4 Å². The minimum absolute atomic E-state index is 0. The van der Waals surface area contributed by atoms with E-state index in [2.05, 4.69) is 9.98 Å². The molecule has 2 rings (SSSR count). The molecule has 0 saturated heterocycles. The summed E-state index contributed by atoms with van der Waals surface area (Å²) in [6, 6.07) is 13.3. The summed E-state index contributed by atoms with van der Waals surface area (Å²) in [4.78, 5) is 7.69. The van der Waals surface area contributed by atoms with Gasteiger partial charge in [-0.25, -0.2) is 0 Å². The molecule has 0 spiro atoms. The van der Waals surface area contributed by atoms with Gasteiger partial charge in [-0.3, -0.25) is 9.98 Å². The molecule has 25 heavy (non-hydrogen) atoms. The number of aliphatic hydroxyl groups is 2. The number of aliphatic imine (C=N–C) groups is 2. The van der Waals surface area contributed by atoms with Crippen LogP contribution in [0.25, 0.3) is 0 Å². The molecule has 0 saturated carbocycles.